The smallest absolute Gasteiger partial charge is 0.0705 e. The van der Waals surface area contributed by atoms with Crippen molar-refractivity contribution in [1.29, 1.82) is 0 Å². The zero-order valence-corrected chi connectivity index (χ0v) is 10.4. The Bertz CT molecular complexity index is 474. The van der Waals surface area contributed by atoms with Gasteiger partial charge in [0.25, 0.3) is 0 Å². The Morgan fingerprint density at radius 2 is 2.06 bits per heavy atom. The summed E-state index contributed by atoms with van der Waals surface area (Å²) in [6.45, 7) is 6.19. The molecule has 86 valence electrons. The third-order valence-electron chi connectivity index (χ3n) is 2.57. The van der Waals surface area contributed by atoms with Gasteiger partial charge in [-0.15, -0.1) is 0 Å². The van der Waals surface area contributed by atoms with E-state index in [0.29, 0.717) is 5.92 Å². The van der Waals surface area contributed by atoms with E-state index in [1.807, 2.05) is 24.3 Å². The molecule has 1 aromatic carbocycles. The van der Waals surface area contributed by atoms with Crippen molar-refractivity contribution in [2.24, 2.45) is 5.92 Å². The fourth-order valence-electron chi connectivity index (χ4n) is 1.77. The summed E-state index contributed by atoms with van der Waals surface area (Å²) in [5.41, 5.74) is 2.18. The second kappa shape index (κ2) is 4.89. The van der Waals surface area contributed by atoms with Crippen molar-refractivity contribution in [1.82, 2.24) is 10.3 Å². The molecule has 1 heterocycles. The summed E-state index contributed by atoms with van der Waals surface area (Å²) in [6.07, 6.45) is 0. The third-order valence-corrected chi connectivity index (χ3v) is 3.00. The molecular weight excluding hydrogens is 220 g/mol. The molecule has 2 nitrogen and oxygen atoms in total. The Hall–Kier alpha value is -0.990. The topological polar surface area (TPSA) is 27.8 Å². The minimum atomic E-state index is 0.656. The van der Waals surface area contributed by atoms with Crippen molar-refractivity contribution in [3.8, 4) is 0 Å². The number of aromatic nitrogens is 1. The molecule has 0 saturated carbocycles. The van der Waals surface area contributed by atoms with Crippen LogP contribution in [0.5, 0.6) is 0 Å². The fourth-order valence-corrected chi connectivity index (χ4v) is 2.05. The minimum Gasteiger partial charge on any atom is -0.356 e. The summed E-state index contributed by atoms with van der Waals surface area (Å²) in [4.78, 5) is 3.34. The lowest BCUT2D eigenvalue weighted by Gasteiger charge is -2.06. The van der Waals surface area contributed by atoms with Crippen LogP contribution in [-0.2, 0) is 6.54 Å². The van der Waals surface area contributed by atoms with Crippen LogP contribution in [0, 0.1) is 5.92 Å². The van der Waals surface area contributed by atoms with Crippen molar-refractivity contribution in [2.75, 3.05) is 6.54 Å². The van der Waals surface area contributed by atoms with Crippen LogP contribution in [0.4, 0.5) is 0 Å². The van der Waals surface area contributed by atoms with Crippen LogP contribution in [0.15, 0.2) is 24.3 Å². The molecule has 0 radical (unpaired) electrons. The minimum absolute atomic E-state index is 0.656. The van der Waals surface area contributed by atoms with E-state index in [1.165, 1.54) is 0 Å². The first-order valence-electron chi connectivity index (χ1n) is 5.64. The van der Waals surface area contributed by atoms with Crippen molar-refractivity contribution in [2.45, 2.75) is 20.4 Å². The highest BCUT2D eigenvalue weighted by atomic mass is 35.5. The van der Waals surface area contributed by atoms with Crippen molar-refractivity contribution < 1.29 is 0 Å². The molecule has 2 aromatic rings. The molecular formula is C13H17ClN2. The molecule has 0 amide bonds. The Labute approximate surface area is 101 Å². The average molecular weight is 237 g/mol. The second-order valence-corrected chi connectivity index (χ2v) is 4.87. The van der Waals surface area contributed by atoms with Crippen LogP contribution in [0.2, 0.25) is 5.02 Å². The van der Waals surface area contributed by atoms with Crippen LogP contribution in [0.1, 0.15) is 19.5 Å². The first kappa shape index (κ1) is 11.5. The highest BCUT2D eigenvalue weighted by Gasteiger charge is 2.08. The van der Waals surface area contributed by atoms with Gasteiger partial charge in [0.05, 0.1) is 5.02 Å². The SMILES string of the molecule is CC(C)CNCc1[nH]c2ccccc2c1Cl. The van der Waals surface area contributed by atoms with Gasteiger partial charge in [0.1, 0.15) is 0 Å². The van der Waals surface area contributed by atoms with Crippen LogP contribution in [0.25, 0.3) is 10.9 Å². The van der Waals surface area contributed by atoms with E-state index in [0.717, 1.165) is 34.7 Å². The summed E-state index contributed by atoms with van der Waals surface area (Å²) in [5, 5.41) is 5.33. The van der Waals surface area contributed by atoms with Crippen LogP contribution >= 0.6 is 11.6 Å². The van der Waals surface area contributed by atoms with E-state index in [1.54, 1.807) is 0 Å². The number of para-hydroxylation sites is 1. The standard InChI is InChI=1S/C13H17ClN2/c1-9(2)7-15-8-12-13(14)10-5-3-4-6-11(10)16-12/h3-6,9,15-16H,7-8H2,1-2H3. The number of nitrogens with one attached hydrogen (secondary N) is 2. The highest BCUT2D eigenvalue weighted by molar-refractivity contribution is 6.36. The van der Waals surface area contributed by atoms with Crippen LogP contribution < -0.4 is 5.32 Å². The zero-order chi connectivity index (χ0) is 11.5. The Morgan fingerprint density at radius 1 is 1.31 bits per heavy atom. The molecule has 0 unspecified atom stereocenters. The Balaban J connectivity index is 2.15. The molecule has 0 spiro atoms. The molecule has 16 heavy (non-hydrogen) atoms. The number of aromatic amines is 1. The lowest BCUT2D eigenvalue weighted by atomic mass is 10.2. The van der Waals surface area contributed by atoms with Crippen molar-refractivity contribution in [3.63, 3.8) is 0 Å². The first-order chi connectivity index (χ1) is 7.68. The van der Waals surface area contributed by atoms with Gasteiger partial charge in [0.15, 0.2) is 0 Å². The predicted molar refractivity (Wildman–Crippen MR) is 69.9 cm³/mol. The second-order valence-electron chi connectivity index (χ2n) is 4.49. The van der Waals surface area contributed by atoms with Gasteiger partial charge in [-0.2, -0.15) is 0 Å². The summed E-state index contributed by atoms with van der Waals surface area (Å²) in [6, 6.07) is 8.11. The predicted octanol–water partition coefficient (Wildman–Crippen LogP) is 3.57. The number of rotatable bonds is 4. The first-order valence-corrected chi connectivity index (χ1v) is 6.02. The lowest BCUT2D eigenvalue weighted by molar-refractivity contribution is 0.549. The monoisotopic (exact) mass is 236 g/mol. The van der Waals surface area contributed by atoms with Gasteiger partial charge in [0, 0.05) is 23.1 Å². The highest BCUT2D eigenvalue weighted by Crippen LogP contribution is 2.26. The number of H-pyrrole nitrogens is 1. The molecule has 0 aliphatic rings. The molecule has 0 aliphatic carbocycles. The normalized spacial score (nSPS) is 11.5. The van der Waals surface area contributed by atoms with E-state index in [2.05, 4.69) is 24.1 Å². The molecule has 1 aromatic heterocycles. The van der Waals surface area contributed by atoms with Gasteiger partial charge in [-0.3, -0.25) is 0 Å². The number of halogens is 1. The lowest BCUT2D eigenvalue weighted by Crippen LogP contribution is -2.19. The van der Waals surface area contributed by atoms with Gasteiger partial charge in [0.2, 0.25) is 0 Å². The van der Waals surface area contributed by atoms with E-state index < -0.39 is 0 Å². The molecule has 2 N–H and O–H groups in total. The summed E-state index contributed by atoms with van der Waals surface area (Å²) in [7, 11) is 0. The fraction of sp³-hybridized carbons (Fsp3) is 0.385. The van der Waals surface area contributed by atoms with Gasteiger partial charge in [-0.25, -0.2) is 0 Å². The van der Waals surface area contributed by atoms with Gasteiger partial charge >= 0.3 is 0 Å². The van der Waals surface area contributed by atoms with Crippen molar-refractivity contribution >= 4 is 22.5 Å². The van der Waals surface area contributed by atoms with Crippen LogP contribution in [-0.4, -0.2) is 11.5 Å². The van der Waals surface area contributed by atoms with E-state index in [-0.39, 0.29) is 0 Å². The van der Waals surface area contributed by atoms with Gasteiger partial charge in [-0.1, -0.05) is 43.6 Å². The van der Waals surface area contributed by atoms with Gasteiger partial charge < -0.3 is 10.3 Å². The number of hydrogen-bond acceptors (Lipinski definition) is 1. The number of benzene rings is 1. The maximum Gasteiger partial charge on any atom is 0.0705 e. The van der Waals surface area contributed by atoms with Crippen molar-refractivity contribution in [3.05, 3.63) is 35.0 Å². The molecule has 0 bridgehead atoms. The molecule has 2 rings (SSSR count). The zero-order valence-electron chi connectivity index (χ0n) is 9.68. The maximum atomic E-state index is 6.30. The van der Waals surface area contributed by atoms with Gasteiger partial charge in [-0.05, 0) is 18.5 Å². The number of hydrogen-bond donors (Lipinski definition) is 2. The Kier molecular flexibility index (Phi) is 3.52. The summed E-state index contributed by atoms with van der Waals surface area (Å²) in [5.74, 6) is 0.656. The Morgan fingerprint density at radius 3 is 2.75 bits per heavy atom. The summed E-state index contributed by atoms with van der Waals surface area (Å²) >= 11 is 6.30. The van der Waals surface area contributed by atoms with E-state index in [9.17, 15) is 0 Å². The quantitative estimate of drug-likeness (QED) is 0.835. The maximum absolute atomic E-state index is 6.30. The average Bonchev–Trinajstić information content (AvgIpc) is 2.56. The molecule has 0 saturated heterocycles. The summed E-state index contributed by atoms with van der Waals surface area (Å²) < 4.78 is 0. The molecule has 3 heteroatoms. The van der Waals surface area contributed by atoms with E-state index >= 15 is 0 Å². The third kappa shape index (κ3) is 2.39. The molecule has 0 aliphatic heterocycles. The van der Waals surface area contributed by atoms with Crippen LogP contribution in [0.3, 0.4) is 0 Å². The largest absolute Gasteiger partial charge is 0.356 e. The van der Waals surface area contributed by atoms with E-state index in [4.69, 9.17) is 11.6 Å². The molecule has 0 atom stereocenters. The number of fused-ring (bicyclic) bond motifs is 1. The molecule has 0 fully saturated rings.